The summed E-state index contributed by atoms with van der Waals surface area (Å²) < 4.78 is 6.13. The van der Waals surface area contributed by atoms with Gasteiger partial charge in [-0.3, -0.25) is 9.59 Å². The highest BCUT2D eigenvalue weighted by molar-refractivity contribution is 9.10. The second kappa shape index (κ2) is 9.06. The predicted molar refractivity (Wildman–Crippen MR) is 127 cm³/mol. The van der Waals surface area contributed by atoms with Gasteiger partial charge in [-0.05, 0) is 67.1 Å². The molecule has 3 aromatic rings. The monoisotopic (exact) mass is 513 g/mol. The maximum Gasteiger partial charge on any atom is 0.264 e. The summed E-state index contributed by atoms with van der Waals surface area (Å²) in [6.07, 6.45) is -0.361. The zero-order valence-corrected chi connectivity index (χ0v) is 19.7. The minimum atomic E-state index is -1.96. The highest BCUT2D eigenvalue weighted by Gasteiger charge is 2.51. The average Bonchev–Trinajstić information content (AvgIpc) is 2.97. The largest absolute Gasteiger partial charge is 0.494 e. The third-order valence-electron chi connectivity index (χ3n) is 5.45. The summed E-state index contributed by atoms with van der Waals surface area (Å²) in [6.45, 7) is 2.66. The van der Waals surface area contributed by atoms with E-state index in [1.807, 2.05) is 19.1 Å². The van der Waals surface area contributed by atoms with Crippen molar-refractivity contribution in [3.63, 3.8) is 0 Å². The standard InChI is InChI=1S/C25H21BrClNO4/c1-2-32-20-10-5-17(6-11-20)23(29)14-25(31)21-13-18(26)7-12-22(21)28(24(25)30)15-16-3-8-19(27)9-4-16/h3-13,31H,2,14-15H2,1H3. The van der Waals surface area contributed by atoms with Crippen LogP contribution in [0.4, 0.5) is 5.69 Å². The van der Waals surface area contributed by atoms with Crippen molar-refractivity contribution in [3.8, 4) is 5.75 Å². The molecule has 32 heavy (non-hydrogen) atoms. The van der Waals surface area contributed by atoms with Crippen molar-refractivity contribution in [2.75, 3.05) is 11.5 Å². The summed E-state index contributed by atoms with van der Waals surface area (Å²) in [7, 11) is 0. The van der Waals surface area contributed by atoms with Crippen molar-refractivity contribution < 1.29 is 19.4 Å². The molecule has 164 valence electrons. The molecule has 1 atom stereocenters. The number of rotatable bonds is 7. The van der Waals surface area contributed by atoms with Crippen LogP contribution >= 0.6 is 27.5 Å². The normalized spacial score (nSPS) is 17.4. The first-order chi connectivity index (χ1) is 15.3. The summed E-state index contributed by atoms with van der Waals surface area (Å²) in [6, 6.07) is 19.1. The van der Waals surface area contributed by atoms with Gasteiger partial charge < -0.3 is 14.7 Å². The number of aliphatic hydroxyl groups is 1. The summed E-state index contributed by atoms with van der Waals surface area (Å²) in [5.41, 5.74) is 0.294. The molecule has 1 unspecified atom stereocenters. The summed E-state index contributed by atoms with van der Waals surface area (Å²) >= 11 is 9.38. The van der Waals surface area contributed by atoms with Crippen LogP contribution in [0.5, 0.6) is 5.75 Å². The number of anilines is 1. The Hall–Kier alpha value is -2.67. The van der Waals surface area contributed by atoms with Gasteiger partial charge in [0.1, 0.15) is 5.75 Å². The highest BCUT2D eigenvalue weighted by atomic mass is 79.9. The molecular formula is C25H21BrClNO4. The van der Waals surface area contributed by atoms with Gasteiger partial charge in [0.25, 0.3) is 5.91 Å². The number of ketones is 1. The third kappa shape index (κ3) is 4.31. The molecule has 1 heterocycles. The Morgan fingerprint density at radius 1 is 1.09 bits per heavy atom. The number of hydrogen-bond donors (Lipinski definition) is 1. The van der Waals surface area contributed by atoms with Crippen LogP contribution in [0.2, 0.25) is 5.02 Å². The van der Waals surface area contributed by atoms with Gasteiger partial charge in [0.15, 0.2) is 11.4 Å². The van der Waals surface area contributed by atoms with Gasteiger partial charge in [-0.25, -0.2) is 0 Å². The molecule has 0 aromatic heterocycles. The number of ether oxygens (including phenoxy) is 1. The number of carbonyl (C=O) groups is 2. The Bertz CT molecular complexity index is 1160. The van der Waals surface area contributed by atoms with Gasteiger partial charge in [-0.2, -0.15) is 0 Å². The van der Waals surface area contributed by atoms with Crippen molar-refractivity contribution in [3.05, 3.63) is 92.9 Å². The molecule has 7 heteroatoms. The van der Waals surface area contributed by atoms with Gasteiger partial charge in [0, 0.05) is 20.6 Å². The van der Waals surface area contributed by atoms with E-state index in [1.54, 1.807) is 54.6 Å². The fraction of sp³-hybridized carbons (Fsp3) is 0.200. The lowest BCUT2D eigenvalue weighted by Gasteiger charge is -2.23. The molecule has 1 aliphatic rings. The molecule has 4 rings (SSSR count). The predicted octanol–water partition coefficient (Wildman–Crippen LogP) is 5.51. The number of halogens is 2. The molecule has 1 N–H and O–H groups in total. The minimum Gasteiger partial charge on any atom is -0.494 e. The zero-order chi connectivity index (χ0) is 22.9. The van der Waals surface area contributed by atoms with Crippen molar-refractivity contribution in [1.82, 2.24) is 0 Å². The van der Waals surface area contributed by atoms with Crippen molar-refractivity contribution in [2.24, 2.45) is 0 Å². The average molecular weight is 515 g/mol. The van der Waals surface area contributed by atoms with Gasteiger partial charge in [0.2, 0.25) is 0 Å². The molecule has 5 nitrogen and oxygen atoms in total. The lowest BCUT2D eigenvalue weighted by molar-refractivity contribution is -0.136. The SMILES string of the molecule is CCOc1ccc(C(=O)CC2(O)C(=O)N(Cc3ccc(Cl)cc3)c3ccc(Br)cc32)cc1. The molecule has 0 fully saturated rings. The highest BCUT2D eigenvalue weighted by Crippen LogP contribution is 2.44. The van der Waals surface area contributed by atoms with Crippen LogP contribution in [0.3, 0.4) is 0 Å². The Labute approximate surface area is 199 Å². The van der Waals surface area contributed by atoms with Crippen LogP contribution in [0.1, 0.15) is 34.8 Å². The van der Waals surface area contributed by atoms with E-state index >= 15 is 0 Å². The second-order valence-corrected chi connectivity index (χ2v) is 8.95. The minimum absolute atomic E-state index is 0.254. The Morgan fingerprint density at radius 2 is 1.78 bits per heavy atom. The van der Waals surface area contributed by atoms with E-state index in [4.69, 9.17) is 16.3 Å². The molecule has 0 spiro atoms. The van der Waals surface area contributed by atoms with Crippen LogP contribution < -0.4 is 9.64 Å². The van der Waals surface area contributed by atoms with Crippen LogP contribution in [-0.4, -0.2) is 23.4 Å². The first-order valence-electron chi connectivity index (χ1n) is 10.2. The number of hydrogen-bond acceptors (Lipinski definition) is 4. The van der Waals surface area contributed by atoms with Gasteiger partial charge >= 0.3 is 0 Å². The number of benzene rings is 3. The first-order valence-corrected chi connectivity index (χ1v) is 11.3. The summed E-state index contributed by atoms with van der Waals surface area (Å²) in [5.74, 6) is -0.203. The molecule has 3 aromatic carbocycles. The fourth-order valence-electron chi connectivity index (χ4n) is 3.86. The zero-order valence-electron chi connectivity index (χ0n) is 17.3. The summed E-state index contributed by atoms with van der Waals surface area (Å²) in [5, 5.41) is 12.1. The molecule has 1 amide bonds. The van der Waals surface area contributed by atoms with E-state index in [9.17, 15) is 14.7 Å². The van der Waals surface area contributed by atoms with Gasteiger partial charge in [-0.1, -0.05) is 39.7 Å². The van der Waals surface area contributed by atoms with Crippen molar-refractivity contribution in [2.45, 2.75) is 25.5 Å². The molecule has 1 aliphatic heterocycles. The fourth-order valence-corrected chi connectivity index (χ4v) is 4.35. The Morgan fingerprint density at radius 3 is 2.44 bits per heavy atom. The molecule has 0 bridgehead atoms. The number of carbonyl (C=O) groups excluding carboxylic acids is 2. The molecule has 0 saturated carbocycles. The number of amides is 1. The lowest BCUT2D eigenvalue weighted by Crippen LogP contribution is -2.41. The smallest absolute Gasteiger partial charge is 0.264 e. The third-order valence-corrected chi connectivity index (χ3v) is 6.20. The first kappa shape index (κ1) is 22.5. The molecule has 0 radical (unpaired) electrons. The van der Waals surface area contributed by atoms with E-state index in [1.165, 1.54) is 4.90 Å². The Balaban J connectivity index is 1.65. The van der Waals surface area contributed by atoms with Crippen LogP contribution in [-0.2, 0) is 16.9 Å². The van der Waals surface area contributed by atoms with E-state index in [0.29, 0.717) is 38.7 Å². The topological polar surface area (TPSA) is 66.8 Å². The quantitative estimate of drug-likeness (QED) is 0.422. The number of Topliss-reactive ketones (excluding diaryl/α,β-unsaturated/α-hetero) is 1. The lowest BCUT2D eigenvalue weighted by atomic mass is 9.88. The second-order valence-electron chi connectivity index (χ2n) is 7.60. The van der Waals surface area contributed by atoms with Gasteiger partial charge in [-0.15, -0.1) is 0 Å². The maximum atomic E-state index is 13.4. The van der Waals surface area contributed by atoms with E-state index in [0.717, 1.165) is 5.56 Å². The number of nitrogens with zero attached hydrogens (tertiary/aromatic N) is 1. The molecule has 0 saturated heterocycles. The van der Waals surface area contributed by atoms with E-state index < -0.39 is 11.5 Å². The molecule has 0 aliphatic carbocycles. The van der Waals surface area contributed by atoms with Crippen LogP contribution in [0.15, 0.2) is 71.2 Å². The molecular weight excluding hydrogens is 494 g/mol. The number of fused-ring (bicyclic) bond motifs is 1. The summed E-state index contributed by atoms with van der Waals surface area (Å²) in [4.78, 5) is 28.0. The Kier molecular flexibility index (Phi) is 6.38. The van der Waals surface area contributed by atoms with E-state index in [2.05, 4.69) is 15.9 Å². The van der Waals surface area contributed by atoms with Crippen molar-refractivity contribution >= 4 is 44.9 Å². The van der Waals surface area contributed by atoms with Gasteiger partial charge in [0.05, 0.1) is 25.3 Å². The van der Waals surface area contributed by atoms with Crippen LogP contribution in [0, 0.1) is 0 Å². The van der Waals surface area contributed by atoms with E-state index in [-0.39, 0.29) is 18.7 Å². The maximum absolute atomic E-state index is 13.4. The van der Waals surface area contributed by atoms with Crippen LogP contribution in [0.25, 0.3) is 0 Å². The van der Waals surface area contributed by atoms with Crippen molar-refractivity contribution in [1.29, 1.82) is 0 Å².